The van der Waals surface area contributed by atoms with Crippen molar-refractivity contribution >= 4 is 29.1 Å². The highest BCUT2D eigenvalue weighted by atomic mass is 35.5. The van der Waals surface area contributed by atoms with Gasteiger partial charge in [0.2, 0.25) is 0 Å². The third-order valence-corrected chi connectivity index (χ3v) is 4.05. The molecule has 1 amide bonds. The second kappa shape index (κ2) is 6.03. The Kier molecular flexibility index (Phi) is 4.60. The monoisotopic (exact) mass is 303 g/mol. The van der Waals surface area contributed by atoms with Gasteiger partial charge < -0.3 is 10.4 Å². The van der Waals surface area contributed by atoms with Gasteiger partial charge in [-0.3, -0.25) is 4.79 Å². The number of nitrogens with zero attached hydrogens (tertiary/aromatic N) is 2. The first-order valence-electron chi connectivity index (χ1n) is 6.14. The maximum Gasteiger partial charge on any atom is 0.254 e. The molecule has 1 fully saturated rings. The number of rotatable bonds is 4. The number of amides is 1. The Morgan fingerprint density at radius 3 is 2.68 bits per heavy atom. The molecule has 1 heterocycles. The van der Waals surface area contributed by atoms with Crippen molar-refractivity contribution in [1.82, 2.24) is 15.5 Å². The standard InChI is InChI=1S/C12H15Cl2N3O2/c13-9-5-8(10(14)17-16-9)11(19)15-6-12(7-18)3-1-2-4-12/h5,18H,1-4,6-7H2,(H,15,19). The quantitative estimate of drug-likeness (QED) is 0.893. The van der Waals surface area contributed by atoms with E-state index in [1.807, 2.05) is 0 Å². The molecule has 0 atom stereocenters. The fraction of sp³-hybridized carbons (Fsp3) is 0.583. The summed E-state index contributed by atoms with van der Waals surface area (Å²) in [6.07, 6.45) is 4.01. The van der Waals surface area contributed by atoms with Crippen LogP contribution in [0.1, 0.15) is 36.0 Å². The zero-order valence-electron chi connectivity index (χ0n) is 10.3. The summed E-state index contributed by atoms with van der Waals surface area (Å²) >= 11 is 11.5. The van der Waals surface area contributed by atoms with Crippen LogP contribution in [0.5, 0.6) is 0 Å². The molecule has 2 rings (SSSR count). The van der Waals surface area contributed by atoms with Gasteiger partial charge >= 0.3 is 0 Å². The number of halogens is 2. The van der Waals surface area contributed by atoms with Gasteiger partial charge in [0.25, 0.3) is 5.91 Å². The molecule has 19 heavy (non-hydrogen) atoms. The Morgan fingerprint density at radius 1 is 1.37 bits per heavy atom. The molecule has 0 bridgehead atoms. The first-order valence-corrected chi connectivity index (χ1v) is 6.90. The van der Waals surface area contributed by atoms with Crippen LogP contribution >= 0.6 is 23.2 Å². The normalized spacial score (nSPS) is 17.4. The van der Waals surface area contributed by atoms with Gasteiger partial charge in [0.15, 0.2) is 10.3 Å². The van der Waals surface area contributed by atoms with E-state index >= 15 is 0 Å². The smallest absolute Gasteiger partial charge is 0.254 e. The van der Waals surface area contributed by atoms with Crippen molar-refractivity contribution in [2.24, 2.45) is 5.41 Å². The third kappa shape index (κ3) is 3.35. The lowest BCUT2D eigenvalue weighted by Gasteiger charge is -2.26. The first-order chi connectivity index (χ1) is 9.06. The molecular formula is C12H15Cl2N3O2. The lowest BCUT2D eigenvalue weighted by atomic mass is 9.87. The summed E-state index contributed by atoms with van der Waals surface area (Å²) in [5, 5.41) is 19.5. The van der Waals surface area contributed by atoms with Crippen LogP contribution in [0.2, 0.25) is 10.3 Å². The van der Waals surface area contributed by atoms with E-state index < -0.39 is 0 Å². The molecule has 0 aliphatic heterocycles. The molecule has 0 aromatic carbocycles. The lowest BCUT2D eigenvalue weighted by Crippen LogP contribution is -2.38. The molecular weight excluding hydrogens is 289 g/mol. The van der Waals surface area contributed by atoms with Crippen molar-refractivity contribution in [3.63, 3.8) is 0 Å². The zero-order valence-corrected chi connectivity index (χ0v) is 11.8. The fourth-order valence-electron chi connectivity index (χ4n) is 2.39. The molecule has 1 saturated carbocycles. The molecule has 0 spiro atoms. The molecule has 2 N–H and O–H groups in total. The molecule has 1 aromatic rings. The Bertz CT molecular complexity index is 476. The van der Waals surface area contributed by atoms with Gasteiger partial charge in [-0.15, -0.1) is 10.2 Å². The highest BCUT2D eigenvalue weighted by Gasteiger charge is 2.33. The summed E-state index contributed by atoms with van der Waals surface area (Å²) < 4.78 is 0. The average Bonchev–Trinajstić information content (AvgIpc) is 2.88. The third-order valence-electron chi connectivity index (χ3n) is 3.59. The number of nitrogens with one attached hydrogen (secondary N) is 1. The fourth-order valence-corrected chi connectivity index (χ4v) is 2.72. The topological polar surface area (TPSA) is 75.1 Å². The van der Waals surface area contributed by atoms with E-state index in [9.17, 15) is 9.90 Å². The van der Waals surface area contributed by atoms with Crippen molar-refractivity contribution in [2.75, 3.05) is 13.2 Å². The van der Waals surface area contributed by atoms with Crippen LogP contribution in [0.15, 0.2) is 6.07 Å². The maximum atomic E-state index is 12.0. The van der Waals surface area contributed by atoms with E-state index in [0.29, 0.717) is 6.54 Å². The van der Waals surface area contributed by atoms with Crippen LogP contribution in [0.4, 0.5) is 0 Å². The number of carbonyl (C=O) groups excluding carboxylic acids is 1. The molecule has 5 nitrogen and oxygen atoms in total. The molecule has 0 saturated heterocycles. The Hall–Kier alpha value is -0.910. The molecule has 1 aliphatic rings. The van der Waals surface area contributed by atoms with Gasteiger partial charge in [0.05, 0.1) is 12.2 Å². The molecule has 7 heteroatoms. The minimum absolute atomic E-state index is 0.0198. The second-order valence-electron chi connectivity index (χ2n) is 4.92. The average molecular weight is 304 g/mol. The van der Waals surface area contributed by atoms with Crippen molar-refractivity contribution in [1.29, 1.82) is 0 Å². The van der Waals surface area contributed by atoms with E-state index in [1.54, 1.807) is 0 Å². The Labute approximate surface area is 121 Å². The van der Waals surface area contributed by atoms with Gasteiger partial charge in [-0.25, -0.2) is 0 Å². The highest BCUT2D eigenvalue weighted by Crippen LogP contribution is 2.36. The second-order valence-corrected chi connectivity index (χ2v) is 5.66. The van der Waals surface area contributed by atoms with Crippen molar-refractivity contribution in [3.8, 4) is 0 Å². The van der Waals surface area contributed by atoms with E-state index in [-0.39, 0.29) is 33.8 Å². The summed E-state index contributed by atoms with van der Waals surface area (Å²) in [4.78, 5) is 12.0. The van der Waals surface area contributed by atoms with E-state index in [2.05, 4.69) is 15.5 Å². The van der Waals surface area contributed by atoms with E-state index in [1.165, 1.54) is 6.07 Å². The van der Waals surface area contributed by atoms with E-state index in [0.717, 1.165) is 25.7 Å². The molecule has 1 aliphatic carbocycles. The number of aromatic nitrogens is 2. The summed E-state index contributed by atoms with van der Waals surface area (Å²) in [6.45, 7) is 0.509. The van der Waals surface area contributed by atoms with E-state index in [4.69, 9.17) is 23.2 Å². The van der Waals surface area contributed by atoms with Crippen LogP contribution in [0.3, 0.4) is 0 Å². The number of carbonyl (C=O) groups is 1. The summed E-state index contributed by atoms with van der Waals surface area (Å²) in [7, 11) is 0. The van der Waals surface area contributed by atoms with Gasteiger partial charge in [-0.1, -0.05) is 36.0 Å². The van der Waals surface area contributed by atoms with Crippen LogP contribution < -0.4 is 5.32 Å². The largest absolute Gasteiger partial charge is 0.396 e. The van der Waals surface area contributed by atoms with Crippen LogP contribution in [0.25, 0.3) is 0 Å². The van der Waals surface area contributed by atoms with Crippen LogP contribution in [-0.4, -0.2) is 34.4 Å². The number of aliphatic hydroxyl groups is 1. The van der Waals surface area contributed by atoms with Crippen LogP contribution in [0, 0.1) is 5.41 Å². The van der Waals surface area contributed by atoms with Gasteiger partial charge in [-0.05, 0) is 18.9 Å². The van der Waals surface area contributed by atoms with Crippen molar-refractivity contribution < 1.29 is 9.90 Å². The number of hydrogen-bond acceptors (Lipinski definition) is 4. The summed E-state index contributed by atoms with van der Waals surface area (Å²) in [5.74, 6) is -0.346. The van der Waals surface area contributed by atoms with Crippen molar-refractivity contribution in [2.45, 2.75) is 25.7 Å². The lowest BCUT2D eigenvalue weighted by molar-refractivity contribution is 0.0880. The van der Waals surface area contributed by atoms with Crippen molar-refractivity contribution in [3.05, 3.63) is 21.9 Å². The SMILES string of the molecule is O=C(NCC1(CO)CCCC1)c1cc(Cl)nnc1Cl. The zero-order chi connectivity index (χ0) is 13.9. The minimum atomic E-state index is -0.346. The number of hydrogen-bond donors (Lipinski definition) is 2. The molecule has 1 aromatic heterocycles. The predicted molar refractivity (Wildman–Crippen MR) is 72.4 cm³/mol. The minimum Gasteiger partial charge on any atom is -0.396 e. The molecule has 0 unspecified atom stereocenters. The predicted octanol–water partition coefficient (Wildman–Crippen LogP) is 2.07. The maximum absolute atomic E-state index is 12.0. The van der Waals surface area contributed by atoms with Crippen LogP contribution in [-0.2, 0) is 0 Å². The highest BCUT2D eigenvalue weighted by molar-refractivity contribution is 6.34. The van der Waals surface area contributed by atoms with Gasteiger partial charge in [0, 0.05) is 12.0 Å². The van der Waals surface area contributed by atoms with Gasteiger partial charge in [-0.2, -0.15) is 0 Å². The molecule has 0 radical (unpaired) electrons. The summed E-state index contributed by atoms with van der Waals surface area (Å²) in [6, 6.07) is 1.38. The first kappa shape index (κ1) is 14.5. The molecule has 104 valence electrons. The summed E-state index contributed by atoms with van der Waals surface area (Å²) in [5.41, 5.74) is -0.000371. The Balaban J connectivity index is 2.03. The Morgan fingerprint density at radius 2 is 2.05 bits per heavy atom. The number of aliphatic hydroxyl groups excluding tert-OH is 1. The van der Waals surface area contributed by atoms with Gasteiger partial charge in [0.1, 0.15) is 0 Å².